The maximum Gasteiger partial charge on any atom is 0.255 e. The van der Waals surface area contributed by atoms with Crippen molar-refractivity contribution in [3.05, 3.63) is 66.0 Å². The zero-order valence-corrected chi connectivity index (χ0v) is 17.8. The fraction of sp³-hybridized carbons (Fsp3) is 0.304. The number of carbonyl (C=O) groups excluding carboxylic acids is 1. The molecular formula is C23H28N4O3. The number of aromatic nitrogens is 2. The first kappa shape index (κ1) is 21.4. The highest BCUT2D eigenvalue weighted by Gasteiger charge is 2.17. The number of aromatic amines is 1. The molecule has 0 saturated heterocycles. The maximum absolute atomic E-state index is 13.0. The monoisotopic (exact) mass is 408 g/mol. The SMILES string of the molecule is COc1cccc(C(C)NC(=O)c2ccc(-c3cn[nH]c3)cc2OCCN(C)C)c1. The number of benzene rings is 2. The van der Waals surface area contributed by atoms with E-state index in [0.717, 1.165) is 29.0 Å². The lowest BCUT2D eigenvalue weighted by Gasteiger charge is -2.18. The van der Waals surface area contributed by atoms with Crippen molar-refractivity contribution in [2.75, 3.05) is 34.4 Å². The molecule has 7 heteroatoms. The lowest BCUT2D eigenvalue weighted by Crippen LogP contribution is -2.27. The Balaban J connectivity index is 1.82. The average molecular weight is 409 g/mol. The first-order valence-electron chi connectivity index (χ1n) is 9.83. The molecule has 0 saturated carbocycles. The van der Waals surface area contributed by atoms with Gasteiger partial charge in [0.25, 0.3) is 5.91 Å². The quantitative estimate of drug-likeness (QED) is 0.566. The number of likely N-dealkylation sites (N-methyl/N-ethyl adjacent to an activating group) is 1. The molecule has 1 atom stereocenters. The van der Waals surface area contributed by atoms with Gasteiger partial charge in [-0.15, -0.1) is 0 Å². The third kappa shape index (κ3) is 5.39. The minimum Gasteiger partial charge on any atom is -0.497 e. The summed E-state index contributed by atoms with van der Waals surface area (Å²) >= 11 is 0. The normalized spacial score (nSPS) is 11.9. The Hall–Kier alpha value is -3.32. The van der Waals surface area contributed by atoms with Crippen LogP contribution < -0.4 is 14.8 Å². The number of hydrogen-bond donors (Lipinski definition) is 2. The molecule has 0 fully saturated rings. The first-order chi connectivity index (χ1) is 14.5. The largest absolute Gasteiger partial charge is 0.497 e. The third-order valence-corrected chi connectivity index (χ3v) is 4.80. The van der Waals surface area contributed by atoms with Crippen molar-refractivity contribution in [3.8, 4) is 22.6 Å². The van der Waals surface area contributed by atoms with Crippen molar-refractivity contribution < 1.29 is 14.3 Å². The lowest BCUT2D eigenvalue weighted by molar-refractivity contribution is 0.0935. The molecule has 0 aliphatic rings. The predicted octanol–water partition coefficient (Wildman–Crippen LogP) is 3.52. The summed E-state index contributed by atoms with van der Waals surface area (Å²) in [7, 11) is 5.59. The van der Waals surface area contributed by atoms with Gasteiger partial charge in [-0.2, -0.15) is 5.10 Å². The zero-order chi connectivity index (χ0) is 21.5. The van der Waals surface area contributed by atoms with Crippen LogP contribution in [0.1, 0.15) is 28.9 Å². The van der Waals surface area contributed by atoms with Crippen LogP contribution in [-0.4, -0.2) is 55.4 Å². The summed E-state index contributed by atoms with van der Waals surface area (Å²) in [5, 5.41) is 9.86. The Kier molecular flexibility index (Phi) is 7.08. The van der Waals surface area contributed by atoms with E-state index >= 15 is 0 Å². The third-order valence-electron chi connectivity index (χ3n) is 4.80. The Morgan fingerprint density at radius 1 is 1.20 bits per heavy atom. The second kappa shape index (κ2) is 9.93. The van der Waals surface area contributed by atoms with Crippen LogP contribution in [-0.2, 0) is 0 Å². The standard InChI is InChI=1S/C23H28N4O3/c1-16(17-6-5-7-20(12-17)29-4)26-23(28)21-9-8-18(19-14-24-25-15-19)13-22(21)30-11-10-27(2)3/h5-9,12-16H,10-11H2,1-4H3,(H,24,25)(H,26,28). The van der Waals surface area contributed by atoms with Gasteiger partial charge in [-0.05, 0) is 56.4 Å². The fourth-order valence-corrected chi connectivity index (χ4v) is 3.02. The molecule has 3 aromatic rings. The van der Waals surface area contributed by atoms with E-state index < -0.39 is 0 Å². The number of ether oxygens (including phenoxy) is 2. The summed E-state index contributed by atoms with van der Waals surface area (Å²) in [5.41, 5.74) is 3.33. The van der Waals surface area contributed by atoms with E-state index in [4.69, 9.17) is 9.47 Å². The molecule has 30 heavy (non-hydrogen) atoms. The minimum atomic E-state index is -0.191. The van der Waals surface area contributed by atoms with Gasteiger partial charge in [0.05, 0.1) is 24.9 Å². The summed E-state index contributed by atoms with van der Waals surface area (Å²) in [6.07, 6.45) is 3.55. The van der Waals surface area contributed by atoms with E-state index in [1.807, 2.05) is 68.5 Å². The molecule has 1 aromatic heterocycles. The van der Waals surface area contributed by atoms with E-state index in [1.165, 1.54) is 0 Å². The van der Waals surface area contributed by atoms with Crippen molar-refractivity contribution in [1.82, 2.24) is 20.4 Å². The fourth-order valence-electron chi connectivity index (χ4n) is 3.02. The molecule has 2 N–H and O–H groups in total. The van der Waals surface area contributed by atoms with Crippen molar-refractivity contribution in [3.63, 3.8) is 0 Å². The topological polar surface area (TPSA) is 79.5 Å². The smallest absolute Gasteiger partial charge is 0.255 e. The summed E-state index contributed by atoms with van der Waals surface area (Å²) in [5.74, 6) is 1.11. The van der Waals surface area contributed by atoms with E-state index in [9.17, 15) is 4.79 Å². The van der Waals surface area contributed by atoms with Crippen molar-refractivity contribution >= 4 is 5.91 Å². The van der Waals surface area contributed by atoms with Crippen LogP contribution in [0.4, 0.5) is 0 Å². The molecule has 0 aliphatic carbocycles. The van der Waals surface area contributed by atoms with Gasteiger partial charge < -0.3 is 19.7 Å². The van der Waals surface area contributed by atoms with Gasteiger partial charge in [0.1, 0.15) is 18.1 Å². The molecule has 1 unspecified atom stereocenters. The van der Waals surface area contributed by atoms with E-state index in [2.05, 4.69) is 15.5 Å². The summed E-state index contributed by atoms with van der Waals surface area (Å²) in [6.45, 7) is 3.17. The first-order valence-corrected chi connectivity index (χ1v) is 9.83. The van der Waals surface area contributed by atoms with E-state index in [-0.39, 0.29) is 11.9 Å². The summed E-state index contributed by atoms with van der Waals surface area (Å²) < 4.78 is 11.3. The van der Waals surface area contributed by atoms with Crippen LogP contribution in [0.15, 0.2) is 54.9 Å². The molecule has 0 bridgehead atoms. The van der Waals surface area contributed by atoms with Gasteiger partial charge in [-0.1, -0.05) is 18.2 Å². The number of carbonyl (C=O) groups is 1. The second-order valence-electron chi connectivity index (χ2n) is 7.32. The Labute approximate surface area is 177 Å². The molecule has 1 amide bonds. The van der Waals surface area contributed by atoms with Gasteiger partial charge >= 0.3 is 0 Å². The van der Waals surface area contributed by atoms with Crippen molar-refractivity contribution in [2.24, 2.45) is 0 Å². The molecule has 0 spiro atoms. The Morgan fingerprint density at radius 2 is 2.03 bits per heavy atom. The minimum absolute atomic E-state index is 0.184. The zero-order valence-electron chi connectivity index (χ0n) is 17.8. The second-order valence-corrected chi connectivity index (χ2v) is 7.32. The molecule has 1 heterocycles. The molecule has 158 valence electrons. The molecular weight excluding hydrogens is 380 g/mol. The molecule has 3 rings (SSSR count). The highest BCUT2D eigenvalue weighted by molar-refractivity contribution is 5.97. The highest BCUT2D eigenvalue weighted by Crippen LogP contribution is 2.28. The highest BCUT2D eigenvalue weighted by atomic mass is 16.5. The average Bonchev–Trinajstić information content (AvgIpc) is 3.28. The van der Waals surface area contributed by atoms with Crippen LogP contribution >= 0.6 is 0 Å². The number of amides is 1. The Bertz CT molecular complexity index is 970. The number of rotatable bonds is 9. The van der Waals surface area contributed by atoms with Gasteiger partial charge in [-0.25, -0.2) is 0 Å². The number of methoxy groups -OCH3 is 1. The van der Waals surface area contributed by atoms with Crippen LogP contribution in [0, 0.1) is 0 Å². The van der Waals surface area contributed by atoms with E-state index in [1.54, 1.807) is 19.4 Å². The number of hydrogen-bond acceptors (Lipinski definition) is 5. The molecule has 7 nitrogen and oxygen atoms in total. The van der Waals surface area contributed by atoms with Crippen molar-refractivity contribution in [2.45, 2.75) is 13.0 Å². The van der Waals surface area contributed by atoms with Gasteiger partial charge in [0, 0.05) is 18.3 Å². The summed E-state index contributed by atoms with van der Waals surface area (Å²) in [4.78, 5) is 15.1. The van der Waals surface area contributed by atoms with Gasteiger partial charge in [0.2, 0.25) is 0 Å². The van der Waals surface area contributed by atoms with Crippen LogP contribution in [0.5, 0.6) is 11.5 Å². The van der Waals surface area contributed by atoms with E-state index in [0.29, 0.717) is 17.9 Å². The molecule has 2 aromatic carbocycles. The number of nitrogens with one attached hydrogen (secondary N) is 2. The molecule has 0 radical (unpaired) electrons. The van der Waals surface area contributed by atoms with Crippen LogP contribution in [0.3, 0.4) is 0 Å². The van der Waals surface area contributed by atoms with Gasteiger partial charge in [0.15, 0.2) is 0 Å². The van der Waals surface area contributed by atoms with Crippen LogP contribution in [0.25, 0.3) is 11.1 Å². The molecule has 0 aliphatic heterocycles. The van der Waals surface area contributed by atoms with Crippen molar-refractivity contribution in [1.29, 1.82) is 0 Å². The Morgan fingerprint density at radius 3 is 2.73 bits per heavy atom. The lowest BCUT2D eigenvalue weighted by atomic mass is 10.0. The van der Waals surface area contributed by atoms with Crippen LogP contribution in [0.2, 0.25) is 0 Å². The van der Waals surface area contributed by atoms with Gasteiger partial charge in [-0.3, -0.25) is 9.89 Å². The maximum atomic E-state index is 13.0. The number of nitrogens with zero attached hydrogens (tertiary/aromatic N) is 2. The number of H-pyrrole nitrogens is 1. The summed E-state index contributed by atoms with van der Waals surface area (Å²) in [6, 6.07) is 13.1. The predicted molar refractivity (Wildman–Crippen MR) is 117 cm³/mol.